The Morgan fingerprint density at radius 1 is 1.03 bits per heavy atom. The lowest BCUT2D eigenvalue weighted by Gasteiger charge is -2.20. The van der Waals surface area contributed by atoms with Crippen LogP contribution in [-0.4, -0.2) is 27.4 Å². The molecule has 3 amide bonds. The lowest BCUT2D eigenvalue weighted by Crippen LogP contribution is -2.43. The summed E-state index contributed by atoms with van der Waals surface area (Å²) in [5.74, 6) is 0.888. The van der Waals surface area contributed by atoms with E-state index in [0.717, 1.165) is 26.2 Å². The Kier molecular flexibility index (Phi) is 5.07. The van der Waals surface area contributed by atoms with Gasteiger partial charge in [0.25, 0.3) is 5.91 Å². The fourth-order valence-corrected chi connectivity index (χ4v) is 4.64. The van der Waals surface area contributed by atoms with Gasteiger partial charge in [0.05, 0.1) is 5.39 Å². The molecule has 2 N–H and O–H groups in total. The first-order valence-electron chi connectivity index (χ1n) is 10.2. The van der Waals surface area contributed by atoms with Crippen LogP contribution in [0.2, 0.25) is 0 Å². The number of urea groups is 1. The van der Waals surface area contributed by atoms with Crippen molar-refractivity contribution in [1.82, 2.24) is 20.6 Å². The van der Waals surface area contributed by atoms with E-state index in [0.29, 0.717) is 24.5 Å². The highest BCUT2D eigenvalue weighted by atomic mass is 32.1. The normalized spacial score (nSPS) is 17.9. The van der Waals surface area contributed by atoms with Gasteiger partial charge in [-0.3, -0.25) is 10.1 Å². The molecule has 0 bridgehead atoms. The molecule has 0 spiro atoms. The molecule has 0 radical (unpaired) electrons. The van der Waals surface area contributed by atoms with Crippen molar-refractivity contribution >= 4 is 33.5 Å². The van der Waals surface area contributed by atoms with Gasteiger partial charge in [0, 0.05) is 4.88 Å². The number of nitrogens with one attached hydrogen (secondary N) is 2. The number of thiophene rings is 1. The van der Waals surface area contributed by atoms with Crippen LogP contribution >= 0.6 is 11.3 Å². The number of hydrogen-bond acceptors (Lipinski definition) is 6. The van der Waals surface area contributed by atoms with Gasteiger partial charge in [-0.1, -0.05) is 42.5 Å². The van der Waals surface area contributed by atoms with Crippen LogP contribution in [0.4, 0.5) is 4.79 Å². The molecular formula is C24H20N4O3S. The van der Waals surface area contributed by atoms with Gasteiger partial charge in [0.2, 0.25) is 5.88 Å². The van der Waals surface area contributed by atoms with E-state index in [9.17, 15) is 9.59 Å². The van der Waals surface area contributed by atoms with Gasteiger partial charge in [-0.15, -0.1) is 11.3 Å². The molecule has 0 saturated carbocycles. The quantitative estimate of drug-likeness (QED) is 0.421. The Morgan fingerprint density at radius 3 is 2.53 bits per heavy atom. The lowest BCUT2D eigenvalue weighted by atomic mass is 9.93. The zero-order valence-electron chi connectivity index (χ0n) is 17.3. The fraction of sp³-hybridized carbons (Fsp3) is 0.167. The Bertz CT molecular complexity index is 1300. The molecule has 1 saturated heterocycles. The van der Waals surface area contributed by atoms with E-state index in [4.69, 9.17) is 4.74 Å². The average molecular weight is 445 g/mol. The first-order valence-corrected chi connectivity index (χ1v) is 11.0. The molecule has 1 aliphatic rings. The second-order valence-corrected chi connectivity index (χ2v) is 8.89. The molecule has 4 aromatic rings. The van der Waals surface area contributed by atoms with Crippen molar-refractivity contribution in [3.05, 3.63) is 72.6 Å². The summed E-state index contributed by atoms with van der Waals surface area (Å²) >= 11 is 1.60. The third-order valence-electron chi connectivity index (χ3n) is 5.52. The van der Waals surface area contributed by atoms with Crippen molar-refractivity contribution < 1.29 is 14.3 Å². The predicted molar refractivity (Wildman–Crippen MR) is 123 cm³/mol. The summed E-state index contributed by atoms with van der Waals surface area (Å²) < 4.78 is 6.06. The molecular weight excluding hydrogens is 424 g/mol. The van der Waals surface area contributed by atoms with Gasteiger partial charge < -0.3 is 10.1 Å². The summed E-state index contributed by atoms with van der Waals surface area (Å²) in [5.41, 5.74) is 1.29. The van der Waals surface area contributed by atoms with Crippen LogP contribution in [-0.2, 0) is 11.2 Å². The van der Waals surface area contributed by atoms with Crippen LogP contribution in [0, 0.1) is 0 Å². The van der Waals surface area contributed by atoms with E-state index in [1.165, 1.54) is 6.33 Å². The van der Waals surface area contributed by atoms with Crippen LogP contribution < -0.4 is 15.4 Å². The molecule has 5 rings (SSSR count). The predicted octanol–water partition coefficient (Wildman–Crippen LogP) is 4.68. The number of carbonyl (C=O) groups excluding carboxylic acids is 2. The number of aryl methyl sites for hydroxylation is 1. The number of nitrogens with zero attached hydrogens (tertiary/aromatic N) is 2. The van der Waals surface area contributed by atoms with Crippen molar-refractivity contribution in [2.75, 3.05) is 0 Å². The van der Waals surface area contributed by atoms with E-state index in [1.54, 1.807) is 18.3 Å². The summed E-state index contributed by atoms with van der Waals surface area (Å²) in [7, 11) is 0. The Balaban J connectivity index is 1.31. The highest BCUT2D eigenvalue weighted by Crippen LogP contribution is 2.37. The van der Waals surface area contributed by atoms with Crippen molar-refractivity contribution in [1.29, 1.82) is 0 Å². The number of carbonyl (C=O) groups is 2. The first-order chi connectivity index (χ1) is 15.5. The van der Waals surface area contributed by atoms with Gasteiger partial charge in [-0.05, 0) is 49.1 Å². The molecule has 160 valence electrons. The molecule has 2 aromatic heterocycles. The SMILES string of the molecule is C[C@]1(CCc2ccc(Oc3ncnc4sc(-c5ccccc5)cc34)cc2)NC(=O)NC1=O. The molecule has 1 aliphatic heterocycles. The highest BCUT2D eigenvalue weighted by Gasteiger charge is 2.41. The van der Waals surface area contributed by atoms with E-state index in [1.807, 2.05) is 42.5 Å². The Labute approximate surface area is 188 Å². The zero-order chi connectivity index (χ0) is 22.1. The molecule has 0 unspecified atom stereocenters. The summed E-state index contributed by atoms with van der Waals surface area (Å²) in [6.07, 6.45) is 2.67. The summed E-state index contributed by atoms with van der Waals surface area (Å²) in [5, 5.41) is 5.85. The van der Waals surface area contributed by atoms with Crippen molar-refractivity contribution in [2.24, 2.45) is 0 Å². The van der Waals surface area contributed by atoms with E-state index < -0.39 is 11.6 Å². The standard InChI is InChI=1S/C24H20N4O3S/c1-24(22(29)27-23(30)28-24)12-11-15-7-9-17(10-8-15)31-20-18-13-19(16-5-3-2-4-6-16)32-21(18)26-14-25-20/h2-10,13-14H,11-12H2,1H3,(H2,27,28,29,30)/t24-/m1/s1. The summed E-state index contributed by atoms with van der Waals surface area (Å²) in [4.78, 5) is 34.1. The maximum absolute atomic E-state index is 12.0. The van der Waals surface area contributed by atoms with Crippen LogP contribution in [0.1, 0.15) is 18.9 Å². The van der Waals surface area contributed by atoms with Gasteiger partial charge in [0.15, 0.2) is 0 Å². The highest BCUT2D eigenvalue weighted by molar-refractivity contribution is 7.21. The second kappa shape index (κ2) is 8.05. The van der Waals surface area contributed by atoms with Gasteiger partial charge in [0.1, 0.15) is 22.4 Å². The van der Waals surface area contributed by atoms with Gasteiger partial charge in [-0.2, -0.15) is 0 Å². The maximum atomic E-state index is 12.0. The second-order valence-electron chi connectivity index (χ2n) is 7.86. The number of rotatable bonds is 6. The van der Waals surface area contributed by atoms with Gasteiger partial charge in [-0.25, -0.2) is 14.8 Å². The fourth-order valence-electron chi connectivity index (χ4n) is 3.65. The van der Waals surface area contributed by atoms with Crippen LogP contribution in [0.5, 0.6) is 11.6 Å². The molecule has 1 fully saturated rings. The van der Waals surface area contributed by atoms with Crippen molar-refractivity contribution in [2.45, 2.75) is 25.3 Å². The topological polar surface area (TPSA) is 93.2 Å². The minimum absolute atomic E-state index is 0.291. The molecule has 3 heterocycles. The zero-order valence-corrected chi connectivity index (χ0v) is 18.1. The first kappa shape index (κ1) is 20.1. The molecule has 32 heavy (non-hydrogen) atoms. The number of fused-ring (bicyclic) bond motifs is 1. The molecule has 1 atom stereocenters. The summed E-state index contributed by atoms with van der Waals surface area (Å²) in [6, 6.07) is 19.4. The molecule has 8 heteroatoms. The van der Waals surface area contributed by atoms with Crippen molar-refractivity contribution in [3.8, 4) is 22.1 Å². The average Bonchev–Trinajstić information content (AvgIpc) is 3.35. The van der Waals surface area contributed by atoms with Crippen LogP contribution in [0.3, 0.4) is 0 Å². The van der Waals surface area contributed by atoms with E-state index >= 15 is 0 Å². The number of ether oxygens (including phenoxy) is 1. The largest absolute Gasteiger partial charge is 0.438 e. The van der Waals surface area contributed by atoms with Crippen molar-refractivity contribution in [3.63, 3.8) is 0 Å². The number of aromatic nitrogens is 2. The maximum Gasteiger partial charge on any atom is 0.322 e. The Hall–Kier alpha value is -3.78. The van der Waals surface area contributed by atoms with Crippen LogP contribution in [0.15, 0.2) is 67.0 Å². The van der Waals surface area contributed by atoms with E-state index in [-0.39, 0.29) is 5.91 Å². The minimum Gasteiger partial charge on any atom is -0.438 e. The number of benzene rings is 2. The molecule has 0 aliphatic carbocycles. The van der Waals surface area contributed by atoms with Gasteiger partial charge >= 0.3 is 6.03 Å². The number of hydrogen-bond donors (Lipinski definition) is 2. The summed E-state index contributed by atoms with van der Waals surface area (Å²) in [6.45, 7) is 1.73. The van der Waals surface area contributed by atoms with Crippen LogP contribution in [0.25, 0.3) is 20.7 Å². The molecule has 2 aromatic carbocycles. The van der Waals surface area contributed by atoms with E-state index in [2.05, 4.69) is 38.8 Å². The number of imide groups is 1. The third kappa shape index (κ3) is 3.92. The Morgan fingerprint density at radius 2 is 1.81 bits per heavy atom. The number of amides is 3. The smallest absolute Gasteiger partial charge is 0.322 e. The monoisotopic (exact) mass is 444 g/mol. The lowest BCUT2D eigenvalue weighted by molar-refractivity contribution is -0.123. The minimum atomic E-state index is -0.881. The third-order valence-corrected chi connectivity index (χ3v) is 6.61. The molecule has 7 nitrogen and oxygen atoms in total.